The van der Waals surface area contributed by atoms with E-state index >= 15 is 0 Å². The molecule has 0 radical (unpaired) electrons. The lowest BCUT2D eigenvalue weighted by molar-refractivity contribution is -0.145. The quantitative estimate of drug-likeness (QED) is 0.373. The van der Waals surface area contributed by atoms with Crippen LogP contribution in [0.2, 0.25) is 0 Å². The highest BCUT2D eigenvalue weighted by Crippen LogP contribution is 1.94. The van der Waals surface area contributed by atoms with Gasteiger partial charge in [-0.3, -0.25) is 4.79 Å². The summed E-state index contributed by atoms with van der Waals surface area (Å²) in [4.78, 5) is 11.2. The third kappa shape index (κ3) is 5.05. The highest BCUT2D eigenvalue weighted by Gasteiger charge is 2.16. The van der Waals surface area contributed by atoms with Gasteiger partial charge in [-0.1, -0.05) is 6.08 Å². The molecule has 0 bridgehead atoms. The van der Waals surface area contributed by atoms with E-state index in [4.69, 9.17) is 11.2 Å². The number of terminal acetylenes is 1. The van der Waals surface area contributed by atoms with Crippen molar-refractivity contribution in [2.75, 3.05) is 13.2 Å². The summed E-state index contributed by atoms with van der Waals surface area (Å²) in [5.41, 5.74) is 0. The number of carbonyl (C=O) groups is 1. The van der Waals surface area contributed by atoms with E-state index in [0.717, 1.165) is 0 Å². The Hall–Kier alpha value is -1.27. The maximum absolute atomic E-state index is 11.2. The molecular weight excluding hydrogens is 166 g/mol. The molecule has 0 saturated heterocycles. The standard InChI is InChI=1S/C10H15NO2/c1-4-7-9(11-8-5-2)10(12)13-6-3/h1,5,9,11H,2,6-8H2,3H3. The monoisotopic (exact) mass is 181 g/mol. The summed E-state index contributed by atoms with van der Waals surface area (Å²) in [6.45, 7) is 6.21. The van der Waals surface area contributed by atoms with Gasteiger partial charge in [0.25, 0.3) is 0 Å². The van der Waals surface area contributed by atoms with Crippen LogP contribution in [0.25, 0.3) is 0 Å². The molecule has 72 valence electrons. The molecule has 0 aliphatic rings. The van der Waals surface area contributed by atoms with E-state index in [-0.39, 0.29) is 5.97 Å². The van der Waals surface area contributed by atoms with Gasteiger partial charge in [0.15, 0.2) is 0 Å². The van der Waals surface area contributed by atoms with Crippen LogP contribution in [-0.2, 0) is 9.53 Å². The molecule has 0 heterocycles. The van der Waals surface area contributed by atoms with Crippen molar-refractivity contribution in [3.8, 4) is 12.3 Å². The molecule has 0 aliphatic carbocycles. The molecule has 0 fully saturated rings. The first-order chi connectivity index (χ1) is 6.26. The fourth-order valence-electron chi connectivity index (χ4n) is 0.825. The van der Waals surface area contributed by atoms with Crippen molar-refractivity contribution < 1.29 is 9.53 Å². The van der Waals surface area contributed by atoms with Crippen molar-refractivity contribution >= 4 is 5.97 Å². The number of esters is 1. The fraction of sp³-hybridized carbons (Fsp3) is 0.500. The number of nitrogens with one attached hydrogen (secondary N) is 1. The first-order valence-electron chi connectivity index (χ1n) is 4.20. The third-order valence-electron chi connectivity index (χ3n) is 1.40. The smallest absolute Gasteiger partial charge is 0.324 e. The molecule has 0 aromatic rings. The molecule has 3 nitrogen and oxygen atoms in total. The van der Waals surface area contributed by atoms with Crippen LogP contribution >= 0.6 is 0 Å². The number of rotatable bonds is 6. The molecule has 13 heavy (non-hydrogen) atoms. The Morgan fingerprint density at radius 3 is 3.00 bits per heavy atom. The first kappa shape index (κ1) is 11.7. The Bertz CT molecular complexity index is 205. The molecule has 0 amide bonds. The van der Waals surface area contributed by atoms with Crippen molar-refractivity contribution in [2.24, 2.45) is 0 Å². The zero-order chi connectivity index (χ0) is 10.1. The van der Waals surface area contributed by atoms with Crippen LogP contribution in [0.4, 0.5) is 0 Å². The number of hydrogen-bond donors (Lipinski definition) is 1. The summed E-state index contributed by atoms with van der Waals surface area (Å²) in [6, 6.07) is -0.414. The highest BCUT2D eigenvalue weighted by molar-refractivity contribution is 5.76. The van der Waals surface area contributed by atoms with Crippen LogP contribution in [-0.4, -0.2) is 25.2 Å². The van der Waals surface area contributed by atoms with Crippen LogP contribution < -0.4 is 5.32 Å². The maximum Gasteiger partial charge on any atom is 0.324 e. The average molecular weight is 181 g/mol. The van der Waals surface area contributed by atoms with Crippen LogP contribution in [0.3, 0.4) is 0 Å². The van der Waals surface area contributed by atoms with E-state index in [1.54, 1.807) is 13.0 Å². The molecule has 1 N–H and O–H groups in total. The Morgan fingerprint density at radius 2 is 2.54 bits per heavy atom. The lowest BCUT2D eigenvalue weighted by Gasteiger charge is -2.13. The summed E-state index contributed by atoms with van der Waals surface area (Å²) in [6.07, 6.45) is 7.12. The van der Waals surface area contributed by atoms with Gasteiger partial charge in [0.05, 0.1) is 6.61 Å². The minimum Gasteiger partial charge on any atom is -0.465 e. The zero-order valence-corrected chi connectivity index (χ0v) is 7.88. The highest BCUT2D eigenvalue weighted by atomic mass is 16.5. The van der Waals surface area contributed by atoms with Crippen molar-refractivity contribution in [3.05, 3.63) is 12.7 Å². The molecule has 0 saturated carbocycles. The van der Waals surface area contributed by atoms with E-state index < -0.39 is 6.04 Å². The van der Waals surface area contributed by atoms with Crippen LogP contribution in [0.15, 0.2) is 12.7 Å². The summed E-state index contributed by atoms with van der Waals surface area (Å²) >= 11 is 0. The van der Waals surface area contributed by atoms with Crippen molar-refractivity contribution in [2.45, 2.75) is 19.4 Å². The largest absolute Gasteiger partial charge is 0.465 e. The minimum atomic E-state index is -0.414. The molecule has 0 aromatic carbocycles. The molecular formula is C10H15NO2. The Labute approximate surface area is 79.2 Å². The van der Waals surface area contributed by atoms with E-state index in [2.05, 4.69) is 17.8 Å². The molecule has 0 aromatic heterocycles. The van der Waals surface area contributed by atoms with Crippen molar-refractivity contribution in [3.63, 3.8) is 0 Å². The summed E-state index contributed by atoms with van der Waals surface area (Å²) in [5.74, 6) is 2.11. The van der Waals surface area contributed by atoms with E-state index in [0.29, 0.717) is 19.6 Å². The summed E-state index contributed by atoms with van der Waals surface area (Å²) < 4.78 is 4.82. The molecule has 0 spiro atoms. The Morgan fingerprint density at radius 1 is 1.85 bits per heavy atom. The topological polar surface area (TPSA) is 38.3 Å². The first-order valence-corrected chi connectivity index (χ1v) is 4.20. The number of hydrogen-bond acceptors (Lipinski definition) is 3. The summed E-state index contributed by atoms with van der Waals surface area (Å²) in [7, 11) is 0. The van der Waals surface area contributed by atoms with Crippen LogP contribution in [0.5, 0.6) is 0 Å². The van der Waals surface area contributed by atoms with Gasteiger partial charge < -0.3 is 10.1 Å². The van der Waals surface area contributed by atoms with Gasteiger partial charge in [-0.2, -0.15) is 0 Å². The molecule has 0 rings (SSSR count). The molecule has 0 aliphatic heterocycles. The molecule has 1 atom stereocenters. The zero-order valence-electron chi connectivity index (χ0n) is 7.88. The number of carbonyl (C=O) groups excluding carboxylic acids is 1. The molecule has 3 heteroatoms. The Kier molecular flexibility index (Phi) is 6.66. The van der Waals surface area contributed by atoms with Crippen LogP contribution in [0, 0.1) is 12.3 Å². The van der Waals surface area contributed by atoms with Gasteiger partial charge in [-0.05, 0) is 6.92 Å². The minimum absolute atomic E-state index is 0.303. The number of ether oxygens (including phenoxy) is 1. The van der Waals surface area contributed by atoms with E-state index in [1.807, 2.05) is 0 Å². The van der Waals surface area contributed by atoms with Gasteiger partial charge in [0, 0.05) is 13.0 Å². The fourth-order valence-corrected chi connectivity index (χ4v) is 0.825. The van der Waals surface area contributed by atoms with Gasteiger partial charge >= 0.3 is 5.97 Å². The molecule has 1 unspecified atom stereocenters. The second-order valence-corrected chi connectivity index (χ2v) is 2.41. The van der Waals surface area contributed by atoms with Crippen molar-refractivity contribution in [1.82, 2.24) is 5.32 Å². The van der Waals surface area contributed by atoms with E-state index in [9.17, 15) is 4.79 Å². The predicted molar refractivity (Wildman–Crippen MR) is 52.1 cm³/mol. The van der Waals surface area contributed by atoms with Crippen LogP contribution in [0.1, 0.15) is 13.3 Å². The predicted octanol–water partition coefficient (Wildman–Crippen LogP) is 0.717. The van der Waals surface area contributed by atoms with Gasteiger partial charge in [-0.15, -0.1) is 18.9 Å². The normalized spacial score (nSPS) is 11.4. The second-order valence-electron chi connectivity index (χ2n) is 2.41. The lowest BCUT2D eigenvalue weighted by atomic mass is 10.2. The average Bonchev–Trinajstić information content (AvgIpc) is 2.12. The lowest BCUT2D eigenvalue weighted by Crippen LogP contribution is -2.37. The summed E-state index contributed by atoms with van der Waals surface area (Å²) in [5, 5.41) is 2.92. The SMILES string of the molecule is C#CCC(NCC=C)C(=O)OCC. The van der Waals surface area contributed by atoms with Gasteiger partial charge in [0.2, 0.25) is 0 Å². The van der Waals surface area contributed by atoms with Crippen molar-refractivity contribution in [1.29, 1.82) is 0 Å². The maximum atomic E-state index is 11.2. The van der Waals surface area contributed by atoms with E-state index in [1.165, 1.54) is 0 Å². The van der Waals surface area contributed by atoms with Gasteiger partial charge in [0.1, 0.15) is 6.04 Å². The Balaban J connectivity index is 3.99. The van der Waals surface area contributed by atoms with Gasteiger partial charge in [-0.25, -0.2) is 0 Å². The second kappa shape index (κ2) is 7.38. The third-order valence-corrected chi connectivity index (χ3v) is 1.40.